The predicted octanol–water partition coefficient (Wildman–Crippen LogP) is 3.69. The summed E-state index contributed by atoms with van der Waals surface area (Å²) in [5.41, 5.74) is 6.17. The third kappa shape index (κ3) is 3.60. The van der Waals surface area contributed by atoms with Crippen LogP contribution in [-0.2, 0) is 27.7 Å². The zero-order valence-corrected chi connectivity index (χ0v) is 18.8. The van der Waals surface area contributed by atoms with E-state index in [1.54, 1.807) is 17.2 Å². The number of nitrogens with two attached hydrogens (primary N) is 1. The molecule has 8 heteroatoms. The van der Waals surface area contributed by atoms with Crippen LogP contribution in [0, 0.1) is 0 Å². The molecular weight excluding hydrogens is 478 g/mol. The summed E-state index contributed by atoms with van der Waals surface area (Å²) in [6, 6.07) is 15.1. The van der Waals surface area contributed by atoms with Crippen molar-refractivity contribution >= 4 is 43.6 Å². The molecule has 1 amide bonds. The third-order valence-corrected chi connectivity index (χ3v) is 7.54. The molecule has 156 valence electrons. The lowest BCUT2D eigenvalue weighted by Crippen LogP contribution is -2.30. The van der Waals surface area contributed by atoms with Gasteiger partial charge in [0, 0.05) is 40.5 Å². The van der Waals surface area contributed by atoms with E-state index in [1.165, 1.54) is 6.07 Å². The molecule has 0 unspecified atom stereocenters. The summed E-state index contributed by atoms with van der Waals surface area (Å²) in [5, 5.41) is 5.34. The molecule has 1 aliphatic carbocycles. The van der Waals surface area contributed by atoms with E-state index < -0.39 is 10.0 Å². The van der Waals surface area contributed by atoms with E-state index in [1.807, 2.05) is 42.5 Å². The Bertz CT molecular complexity index is 1370. The van der Waals surface area contributed by atoms with Gasteiger partial charge in [-0.3, -0.25) is 9.78 Å². The van der Waals surface area contributed by atoms with Crippen LogP contribution in [0.4, 0.5) is 5.69 Å². The topological polar surface area (TPSA) is 93.4 Å². The van der Waals surface area contributed by atoms with E-state index in [0.717, 1.165) is 27.9 Å². The molecular formula is C23H18BrN3O3S. The standard InChI is InChI=1S/C23H18BrN3O3S/c24-19-12-16-6-8-27(21(16)13-22(19)31(25,29)30)23(28)18-9-14-4-5-15(10-17(14)11-18)20-3-1-2-7-26-20/h1-5,7,10-13H,6,8-9H2,(H2,25,29,30). The highest BCUT2D eigenvalue weighted by atomic mass is 79.9. The third-order valence-electron chi connectivity index (χ3n) is 5.67. The summed E-state index contributed by atoms with van der Waals surface area (Å²) in [6.07, 6.45) is 4.88. The molecule has 31 heavy (non-hydrogen) atoms. The van der Waals surface area contributed by atoms with Crippen LogP contribution in [0.5, 0.6) is 0 Å². The van der Waals surface area contributed by atoms with Gasteiger partial charge in [-0.05, 0) is 75.4 Å². The number of amides is 1. The second-order valence-corrected chi connectivity index (χ2v) is 10.0. The zero-order chi connectivity index (χ0) is 21.8. The molecule has 0 saturated carbocycles. The molecule has 1 aliphatic heterocycles. The maximum Gasteiger partial charge on any atom is 0.254 e. The number of fused-ring (bicyclic) bond motifs is 2. The van der Waals surface area contributed by atoms with Crippen molar-refractivity contribution in [3.63, 3.8) is 0 Å². The molecule has 2 N–H and O–H groups in total. The van der Waals surface area contributed by atoms with E-state index in [9.17, 15) is 13.2 Å². The normalized spacial score (nSPS) is 14.9. The fourth-order valence-corrected chi connectivity index (χ4v) is 5.83. The Labute approximate surface area is 188 Å². The number of primary sulfonamides is 1. The van der Waals surface area contributed by atoms with Crippen LogP contribution in [0.25, 0.3) is 17.3 Å². The van der Waals surface area contributed by atoms with Gasteiger partial charge in [0.1, 0.15) is 0 Å². The highest BCUT2D eigenvalue weighted by Gasteiger charge is 2.31. The Morgan fingerprint density at radius 2 is 1.94 bits per heavy atom. The van der Waals surface area contributed by atoms with Gasteiger partial charge >= 0.3 is 0 Å². The second-order valence-electron chi connectivity index (χ2n) is 7.64. The van der Waals surface area contributed by atoms with Gasteiger partial charge in [-0.25, -0.2) is 13.6 Å². The van der Waals surface area contributed by atoms with Gasteiger partial charge in [0.25, 0.3) is 5.91 Å². The molecule has 0 spiro atoms. The summed E-state index contributed by atoms with van der Waals surface area (Å²) in [4.78, 5) is 19.4. The fourth-order valence-electron chi connectivity index (χ4n) is 4.15. The molecule has 0 radical (unpaired) electrons. The Morgan fingerprint density at radius 1 is 1.10 bits per heavy atom. The quantitative estimate of drug-likeness (QED) is 0.599. The summed E-state index contributed by atoms with van der Waals surface area (Å²) in [7, 11) is -3.90. The Balaban J connectivity index is 1.47. The minimum Gasteiger partial charge on any atom is -0.308 e. The first-order valence-corrected chi connectivity index (χ1v) is 12.1. The molecule has 2 heterocycles. The molecule has 1 aromatic heterocycles. The van der Waals surface area contributed by atoms with E-state index >= 15 is 0 Å². The van der Waals surface area contributed by atoms with Crippen LogP contribution < -0.4 is 10.0 Å². The van der Waals surface area contributed by atoms with Crippen LogP contribution in [0.3, 0.4) is 0 Å². The number of hydrogen-bond acceptors (Lipinski definition) is 4. The largest absolute Gasteiger partial charge is 0.308 e. The number of hydrogen-bond donors (Lipinski definition) is 1. The summed E-state index contributed by atoms with van der Waals surface area (Å²) < 4.78 is 24.2. The van der Waals surface area contributed by atoms with Crippen LogP contribution in [0.15, 0.2) is 69.7 Å². The minimum absolute atomic E-state index is 0.0189. The van der Waals surface area contributed by atoms with Crippen molar-refractivity contribution in [2.45, 2.75) is 17.7 Å². The van der Waals surface area contributed by atoms with Crippen molar-refractivity contribution in [2.75, 3.05) is 11.4 Å². The van der Waals surface area contributed by atoms with Gasteiger partial charge < -0.3 is 4.90 Å². The molecule has 5 rings (SSSR count). The maximum absolute atomic E-state index is 13.3. The SMILES string of the molecule is NS(=O)(=O)c1cc2c(cc1Br)CCN2C(=O)C1=Cc2cc(-c3ccccn3)ccc2C1. The Morgan fingerprint density at radius 3 is 2.68 bits per heavy atom. The lowest BCUT2D eigenvalue weighted by atomic mass is 10.0. The lowest BCUT2D eigenvalue weighted by molar-refractivity contribution is -0.115. The van der Waals surface area contributed by atoms with Crippen LogP contribution >= 0.6 is 15.9 Å². The Kier molecular flexibility index (Phi) is 4.80. The van der Waals surface area contributed by atoms with E-state index in [4.69, 9.17) is 5.14 Å². The van der Waals surface area contributed by atoms with Crippen molar-refractivity contribution < 1.29 is 13.2 Å². The number of carbonyl (C=O) groups excluding carboxylic acids is 1. The highest BCUT2D eigenvalue weighted by Crippen LogP contribution is 2.37. The van der Waals surface area contributed by atoms with Crippen molar-refractivity contribution in [1.29, 1.82) is 0 Å². The number of sulfonamides is 1. The molecule has 0 atom stereocenters. The molecule has 0 saturated heterocycles. The van der Waals surface area contributed by atoms with Gasteiger partial charge in [0.2, 0.25) is 10.0 Å². The van der Waals surface area contributed by atoms with Gasteiger partial charge in [0.05, 0.1) is 10.6 Å². The van der Waals surface area contributed by atoms with Crippen molar-refractivity contribution in [1.82, 2.24) is 4.98 Å². The minimum atomic E-state index is -3.90. The van der Waals surface area contributed by atoms with Crippen LogP contribution in [0.2, 0.25) is 0 Å². The maximum atomic E-state index is 13.3. The summed E-state index contributed by atoms with van der Waals surface area (Å²) >= 11 is 3.28. The summed E-state index contributed by atoms with van der Waals surface area (Å²) in [5.74, 6) is -0.114. The van der Waals surface area contributed by atoms with Gasteiger partial charge in [-0.2, -0.15) is 0 Å². The van der Waals surface area contributed by atoms with Crippen molar-refractivity contribution in [2.24, 2.45) is 5.14 Å². The first-order chi connectivity index (χ1) is 14.8. The molecule has 2 aromatic carbocycles. The fraction of sp³-hybridized carbons (Fsp3) is 0.130. The lowest BCUT2D eigenvalue weighted by Gasteiger charge is -2.19. The number of pyridine rings is 1. The molecule has 3 aromatic rings. The van der Waals surface area contributed by atoms with Crippen LogP contribution in [-0.4, -0.2) is 25.9 Å². The molecule has 2 aliphatic rings. The van der Waals surface area contributed by atoms with E-state index in [-0.39, 0.29) is 10.8 Å². The average molecular weight is 496 g/mol. The van der Waals surface area contributed by atoms with Gasteiger partial charge in [0.15, 0.2) is 0 Å². The number of carbonyl (C=O) groups is 1. The number of nitrogens with zero attached hydrogens (tertiary/aromatic N) is 2. The average Bonchev–Trinajstić information content (AvgIpc) is 3.35. The zero-order valence-electron chi connectivity index (χ0n) is 16.4. The predicted molar refractivity (Wildman–Crippen MR) is 123 cm³/mol. The molecule has 0 bridgehead atoms. The van der Waals surface area contributed by atoms with Crippen molar-refractivity contribution in [3.05, 3.63) is 81.5 Å². The van der Waals surface area contributed by atoms with Gasteiger partial charge in [-0.15, -0.1) is 0 Å². The van der Waals surface area contributed by atoms with E-state index in [0.29, 0.717) is 35.1 Å². The van der Waals surface area contributed by atoms with Gasteiger partial charge in [-0.1, -0.05) is 18.2 Å². The number of rotatable bonds is 3. The number of halogens is 1. The smallest absolute Gasteiger partial charge is 0.254 e. The van der Waals surface area contributed by atoms with Crippen LogP contribution in [0.1, 0.15) is 16.7 Å². The summed E-state index contributed by atoms with van der Waals surface area (Å²) in [6.45, 7) is 0.502. The molecule has 6 nitrogen and oxygen atoms in total. The van der Waals surface area contributed by atoms with Crippen molar-refractivity contribution in [3.8, 4) is 11.3 Å². The van der Waals surface area contributed by atoms with E-state index in [2.05, 4.69) is 20.9 Å². The monoisotopic (exact) mass is 495 g/mol. The first kappa shape index (κ1) is 20.1. The number of anilines is 1. The second kappa shape index (κ2) is 7.40. The Hall–Kier alpha value is -2.81. The molecule has 0 fully saturated rings. The highest BCUT2D eigenvalue weighted by molar-refractivity contribution is 9.10. The first-order valence-electron chi connectivity index (χ1n) is 9.73. The number of benzene rings is 2. The number of aromatic nitrogens is 1.